The van der Waals surface area contributed by atoms with E-state index < -0.39 is 11.5 Å². The van der Waals surface area contributed by atoms with Crippen LogP contribution in [-0.2, 0) is 18.4 Å². The topological polar surface area (TPSA) is 60.4 Å². The van der Waals surface area contributed by atoms with Crippen LogP contribution >= 0.6 is 0 Å². The quantitative estimate of drug-likeness (QED) is 0.772. The minimum Gasteiger partial charge on any atom is -0.454 e. The molecule has 3 atom stereocenters. The van der Waals surface area contributed by atoms with Crippen LogP contribution in [0, 0.1) is 0 Å². The molecule has 6 heteroatoms. The van der Waals surface area contributed by atoms with Crippen molar-refractivity contribution in [3.63, 3.8) is 0 Å². The van der Waals surface area contributed by atoms with Gasteiger partial charge in [0, 0.05) is 23.6 Å². The van der Waals surface area contributed by atoms with Crippen LogP contribution in [0.1, 0.15) is 35.2 Å². The molecule has 0 fully saturated rings. The van der Waals surface area contributed by atoms with E-state index in [0.717, 1.165) is 46.2 Å². The van der Waals surface area contributed by atoms with Crippen molar-refractivity contribution in [3.05, 3.63) is 46.5 Å². The molecule has 0 saturated carbocycles. The van der Waals surface area contributed by atoms with Crippen LogP contribution in [0.15, 0.2) is 24.3 Å². The van der Waals surface area contributed by atoms with E-state index in [1.807, 2.05) is 12.1 Å². The first-order valence-corrected chi connectivity index (χ1v) is 9.30. The third kappa shape index (κ3) is 1.87. The Hall–Kier alpha value is -2.44. The van der Waals surface area contributed by atoms with Gasteiger partial charge in [-0.1, -0.05) is 13.0 Å². The molecule has 3 heterocycles. The highest BCUT2D eigenvalue weighted by atomic mass is 16.7. The predicted molar refractivity (Wildman–Crippen MR) is 96.4 cm³/mol. The van der Waals surface area contributed by atoms with Crippen molar-refractivity contribution in [3.8, 4) is 23.0 Å². The van der Waals surface area contributed by atoms with Gasteiger partial charge in [0.25, 0.3) is 0 Å². The van der Waals surface area contributed by atoms with Crippen LogP contribution in [0.5, 0.6) is 23.0 Å². The molecule has 0 aromatic heterocycles. The van der Waals surface area contributed by atoms with Crippen molar-refractivity contribution in [1.82, 2.24) is 4.90 Å². The van der Waals surface area contributed by atoms with Crippen LogP contribution in [0.4, 0.5) is 0 Å². The molecule has 2 aromatic carbocycles. The minimum atomic E-state index is -0.516. The molecule has 0 amide bonds. The molecule has 140 valence electrons. The second-order valence-electron chi connectivity index (χ2n) is 8.05. The molecule has 6 rings (SSSR count). The maximum Gasteiger partial charge on any atom is 0.231 e. The number of hydrogen-bond donors (Lipinski definition) is 1. The second kappa shape index (κ2) is 5.09. The Labute approximate surface area is 157 Å². The number of ether oxygens (including phenoxy) is 4. The first kappa shape index (κ1) is 15.6. The number of aliphatic hydroxyl groups excluding tert-OH is 1. The summed E-state index contributed by atoms with van der Waals surface area (Å²) < 4.78 is 22.5. The number of benzene rings is 2. The number of nitrogens with zero attached hydrogens (tertiary/aromatic N) is 1. The van der Waals surface area contributed by atoms with Crippen molar-refractivity contribution in [2.24, 2.45) is 0 Å². The fourth-order valence-corrected chi connectivity index (χ4v) is 5.41. The summed E-state index contributed by atoms with van der Waals surface area (Å²) in [6.07, 6.45) is 0.0676. The van der Waals surface area contributed by atoms with Gasteiger partial charge in [-0.05, 0) is 48.4 Å². The molecule has 0 bridgehead atoms. The van der Waals surface area contributed by atoms with E-state index in [0.29, 0.717) is 6.42 Å². The van der Waals surface area contributed by atoms with Gasteiger partial charge in [-0.2, -0.15) is 0 Å². The molecule has 3 aliphatic heterocycles. The monoisotopic (exact) mass is 367 g/mol. The van der Waals surface area contributed by atoms with Crippen molar-refractivity contribution in [2.75, 3.05) is 20.6 Å². The first-order valence-electron chi connectivity index (χ1n) is 9.30. The summed E-state index contributed by atoms with van der Waals surface area (Å²) in [5.41, 5.74) is 4.15. The summed E-state index contributed by atoms with van der Waals surface area (Å²) in [4.78, 5) is 2.30. The smallest absolute Gasteiger partial charge is 0.231 e. The van der Waals surface area contributed by atoms with Crippen LogP contribution in [0.2, 0.25) is 0 Å². The maximum atomic E-state index is 11.3. The third-order valence-electron chi connectivity index (χ3n) is 6.67. The summed E-state index contributed by atoms with van der Waals surface area (Å²) in [5, 5.41) is 11.3. The van der Waals surface area contributed by atoms with Gasteiger partial charge in [-0.25, -0.2) is 0 Å². The fourth-order valence-electron chi connectivity index (χ4n) is 5.41. The third-order valence-corrected chi connectivity index (χ3v) is 6.67. The van der Waals surface area contributed by atoms with Crippen LogP contribution in [0.25, 0.3) is 0 Å². The number of aliphatic hydroxyl groups is 1. The zero-order valence-electron chi connectivity index (χ0n) is 15.3. The van der Waals surface area contributed by atoms with Crippen LogP contribution in [-0.4, -0.2) is 36.7 Å². The lowest BCUT2D eigenvalue weighted by Crippen LogP contribution is -2.55. The Balaban J connectivity index is 1.58. The SMILES string of the molecule is CN1Cc2c(ccc3c2OCO3)C2(C)C(O)Cc3cc4c(cc3C12)OCO4. The van der Waals surface area contributed by atoms with Crippen LogP contribution in [0.3, 0.4) is 0 Å². The fraction of sp³-hybridized carbons (Fsp3) is 0.429. The molecule has 1 aliphatic carbocycles. The molecule has 1 N–H and O–H groups in total. The second-order valence-corrected chi connectivity index (χ2v) is 8.05. The molecule has 27 heavy (non-hydrogen) atoms. The standard InChI is InChI=1S/C21H21NO5/c1-21-14-3-4-15-19(27-10-24-15)13(14)8-22(2)20(21)12-7-17-16(25-9-26-17)5-11(12)6-18(21)23/h3-5,7,18,20,23H,6,8-10H2,1-2H3. The van der Waals surface area contributed by atoms with Gasteiger partial charge in [0.2, 0.25) is 13.6 Å². The van der Waals surface area contributed by atoms with Gasteiger partial charge < -0.3 is 24.1 Å². The largest absolute Gasteiger partial charge is 0.454 e. The molecule has 0 radical (unpaired) electrons. The molecule has 6 nitrogen and oxygen atoms in total. The normalized spacial score (nSPS) is 29.9. The Morgan fingerprint density at radius 2 is 1.78 bits per heavy atom. The lowest BCUT2D eigenvalue weighted by Gasteiger charge is -2.53. The van der Waals surface area contributed by atoms with E-state index in [1.165, 1.54) is 5.56 Å². The first-order chi connectivity index (χ1) is 13.1. The van der Waals surface area contributed by atoms with Gasteiger partial charge in [-0.15, -0.1) is 0 Å². The minimum absolute atomic E-state index is 0.0404. The highest BCUT2D eigenvalue weighted by Gasteiger charge is 2.53. The lowest BCUT2D eigenvalue weighted by atomic mass is 9.60. The molecule has 2 aromatic rings. The molecular formula is C21H21NO5. The van der Waals surface area contributed by atoms with Gasteiger partial charge in [0.15, 0.2) is 23.0 Å². The van der Waals surface area contributed by atoms with Gasteiger partial charge >= 0.3 is 0 Å². The molecule has 0 spiro atoms. The summed E-state index contributed by atoms with van der Waals surface area (Å²) in [6.45, 7) is 3.41. The van der Waals surface area contributed by atoms with Crippen molar-refractivity contribution < 1.29 is 24.1 Å². The van der Waals surface area contributed by atoms with E-state index in [9.17, 15) is 5.11 Å². The van der Waals surface area contributed by atoms with E-state index in [1.54, 1.807) is 0 Å². The zero-order chi connectivity index (χ0) is 18.3. The van der Waals surface area contributed by atoms with Gasteiger partial charge in [0.1, 0.15) is 0 Å². The molecular weight excluding hydrogens is 346 g/mol. The number of likely N-dealkylation sites (N-methyl/N-ethyl adjacent to an activating group) is 1. The Morgan fingerprint density at radius 1 is 1.04 bits per heavy atom. The number of fused-ring (bicyclic) bond motifs is 8. The summed E-state index contributed by atoms with van der Waals surface area (Å²) in [5.74, 6) is 3.17. The van der Waals surface area contributed by atoms with Gasteiger partial charge in [-0.3, -0.25) is 4.90 Å². The highest BCUT2D eigenvalue weighted by Crippen LogP contribution is 2.57. The summed E-state index contributed by atoms with van der Waals surface area (Å²) in [7, 11) is 2.10. The molecule has 4 aliphatic rings. The van der Waals surface area contributed by atoms with E-state index in [-0.39, 0.29) is 19.6 Å². The summed E-state index contributed by atoms with van der Waals surface area (Å²) in [6, 6.07) is 8.24. The van der Waals surface area contributed by atoms with Crippen molar-refractivity contribution in [2.45, 2.75) is 37.5 Å². The molecule has 3 unspecified atom stereocenters. The van der Waals surface area contributed by atoms with Crippen molar-refractivity contribution in [1.29, 1.82) is 0 Å². The van der Waals surface area contributed by atoms with E-state index in [2.05, 4.69) is 31.0 Å². The van der Waals surface area contributed by atoms with Crippen LogP contribution < -0.4 is 18.9 Å². The van der Waals surface area contributed by atoms with E-state index >= 15 is 0 Å². The van der Waals surface area contributed by atoms with E-state index in [4.69, 9.17) is 18.9 Å². The average Bonchev–Trinajstić information content (AvgIpc) is 3.29. The Kier molecular flexibility index (Phi) is 2.94. The highest BCUT2D eigenvalue weighted by molar-refractivity contribution is 5.59. The summed E-state index contributed by atoms with van der Waals surface area (Å²) >= 11 is 0. The Morgan fingerprint density at radius 3 is 2.63 bits per heavy atom. The number of hydrogen-bond acceptors (Lipinski definition) is 6. The molecule has 0 saturated heterocycles. The maximum absolute atomic E-state index is 11.3. The number of rotatable bonds is 0. The predicted octanol–water partition coefficient (Wildman–Crippen LogP) is 2.51. The lowest BCUT2D eigenvalue weighted by molar-refractivity contribution is -0.000315. The van der Waals surface area contributed by atoms with Gasteiger partial charge in [0.05, 0.1) is 6.10 Å². The Bertz CT molecular complexity index is 974. The zero-order valence-corrected chi connectivity index (χ0v) is 15.3. The average molecular weight is 367 g/mol. The van der Waals surface area contributed by atoms with Crippen molar-refractivity contribution >= 4 is 0 Å².